The molecule has 0 spiro atoms. The molecule has 11 heavy (non-hydrogen) atoms. The molecule has 58 valence electrons. The van der Waals surface area contributed by atoms with E-state index in [1.165, 1.54) is 13.2 Å². The molecule has 0 aromatic carbocycles. The van der Waals surface area contributed by atoms with Gasteiger partial charge in [0.1, 0.15) is 5.76 Å². The molecule has 0 aromatic heterocycles. The Hall–Kier alpha value is -1.31. The third kappa shape index (κ3) is 1.11. The summed E-state index contributed by atoms with van der Waals surface area (Å²) in [5.41, 5.74) is 1.32. The largest absolute Gasteiger partial charge is 0.496 e. The monoisotopic (exact) mass is 150 g/mol. The van der Waals surface area contributed by atoms with Crippen molar-refractivity contribution in [3.05, 3.63) is 35.6 Å². The lowest BCUT2D eigenvalue weighted by Crippen LogP contribution is -1.92. The maximum atomic E-state index is 11.1. The van der Waals surface area contributed by atoms with Crippen LogP contribution in [-0.2, 0) is 9.53 Å². The van der Waals surface area contributed by atoms with Crippen molar-refractivity contribution in [1.82, 2.24) is 0 Å². The van der Waals surface area contributed by atoms with E-state index >= 15 is 0 Å². The zero-order valence-electron chi connectivity index (χ0n) is 6.68. The molecule has 0 heterocycles. The number of ketones is 1. The molecule has 0 radical (unpaired) electrons. The molecule has 0 unspecified atom stereocenters. The van der Waals surface area contributed by atoms with Gasteiger partial charge in [0.05, 0.1) is 7.11 Å². The van der Waals surface area contributed by atoms with Crippen LogP contribution in [0, 0.1) is 0 Å². The number of methoxy groups -OCH3 is 1. The summed E-state index contributed by atoms with van der Waals surface area (Å²) in [6, 6.07) is 0. The van der Waals surface area contributed by atoms with Gasteiger partial charge in [-0.3, -0.25) is 4.79 Å². The summed E-state index contributed by atoms with van der Waals surface area (Å²) in [7, 11) is 1.53. The number of allylic oxidation sites excluding steroid dienone is 3. The minimum atomic E-state index is -0.0191. The SMILES string of the molecule is C=C1C(OC)=CC(=O)/C1=C/C. The van der Waals surface area contributed by atoms with Crippen LogP contribution in [0.15, 0.2) is 35.6 Å². The first-order chi connectivity index (χ1) is 5.20. The van der Waals surface area contributed by atoms with E-state index in [0.29, 0.717) is 16.9 Å². The molecule has 0 saturated heterocycles. The number of hydrogen-bond acceptors (Lipinski definition) is 2. The van der Waals surface area contributed by atoms with Gasteiger partial charge >= 0.3 is 0 Å². The molecule has 1 rings (SSSR count). The van der Waals surface area contributed by atoms with Gasteiger partial charge in [0, 0.05) is 17.2 Å². The van der Waals surface area contributed by atoms with Gasteiger partial charge in [0.15, 0.2) is 5.78 Å². The van der Waals surface area contributed by atoms with Crippen LogP contribution in [0.1, 0.15) is 6.92 Å². The Bertz CT molecular complexity index is 269. The molecule has 0 fully saturated rings. The minimum Gasteiger partial charge on any atom is -0.496 e. The van der Waals surface area contributed by atoms with Crippen molar-refractivity contribution in [3.63, 3.8) is 0 Å². The molecule has 0 atom stereocenters. The fourth-order valence-electron chi connectivity index (χ4n) is 1.06. The normalized spacial score (nSPS) is 20.9. The van der Waals surface area contributed by atoms with Crippen LogP contribution in [0.3, 0.4) is 0 Å². The number of hydrogen-bond donors (Lipinski definition) is 0. The van der Waals surface area contributed by atoms with Crippen molar-refractivity contribution in [2.75, 3.05) is 7.11 Å². The van der Waals surface area contributed by atoms with Gasteiger partial charge in [-0.15, -0.1) is 0 Å². The summed E-state index contributed by atoms with van der Waals surface area (Å²) >= 11 is 0. The Balaban J connectivity index is 3.03. The molecule has 0 amide bonds. The van der Waals surface area contributed by atoms with Gasteiger partial charge in [0.2, 0.25) is 0 Å². The number of rotatable bonds is 1. The Labute approximate surface area is 65.9 Å². The molecule has 0 saturated carbocycles. The third-order valence-corrected chi connectivity index (χ3v) is 1.66. The first kappa shape index (κ1) is 7.79. The Morgan fingerprint density at radius 2 is 2.27 bits per heavy atom. The number of carbonyl (C=O) groups excluding carboxylic acids is 1. The van der Waals surface area contributed by atoms with E-state index in [2.05, 4.69) is 6.58 Å². The third-order valence-electron chi connectivity index (χ3n) is 1.66. The average molecular weight is 150 g/mol. The van der Waals surface area contributed by atoms with Crippen molar-refractivity contribution in [3.8, 4) is 0 Å². The maximum Gasteiger partial charge on any atom is 0.189 e. The van der Waals surface area contributed by atoms with Crippen LogP contribution in [0.25, 0.3) is 0 Å². The molecule has 2 nitrogen and oxygen atoms in total. The topological polar surface area (TPSA) is 26.3 Å². The van der Waals surface area contributed by atoms with Crippen LogP contribution in [0.2, 0.25) is 0 Å². The van der Waals surface area contributed by atoms with Crippen molar-refractivity contribution in [2.45, 2.75) is 6.92 Å². The molecule has 0 aromatic rings. The average Bonchev–Trinajstić information content (AvgIpc) is 2.26. The van der Waals surface area contributed by atoms with E-state index in [1.807, 2.05) is 6.92 Å². The molecule has 2 heteroatoms. The summed E-state index contributed by atoms with van der Waals surface area (Å²) in [5, 5.41) is 0. The second-order valence-corrected chi connectivity index (χ2v) is 2.26. The summed E-state index contributed by atoms with van der Waals surface area (Å²) < 4.78 is 4.93. The molecule has 0 N–H and O–H groups in total. The van der Waals surface area contributed by atoms with Crippen molar-refractivity contribution >= 4 is 5.78 Å². The Morgan fingerprint density at radius 3 is 2.55 bits per heavy atom. The van der Waals surface area contributed by atoms with Crippen molar-refractivity contribution < 1.29 is 9.53 Å². The highest BCUT2D eigenvalue weighted by Crippen LogP contribution is 2.26. The van der Waals surface area contributed by atoms with E-state index in [1.54, 1.807) is 6.08 Å². The standard InChI is InChI=1S/C9H10O2/c1-4-7-6(2)9(11-3)5-8(7)10/h4-5H,2H2,1,3H3/b7-4+. The van der Waals surface area contributed by atoms with Gasteiger partial charge in [-0.25, -0.2) is 0 Å². The van der Waals surface area contributed by atoms with Crippen molar-refractivity contribution in [1.29, 1.82) is 0 Å². The summed E-state index contributed by atoms with van der Waals surface area (Å²) in [6.07, 6.45) is 3.20. The van der Waals surface area contributed by atoms with Gasteiger partial charge in [-0.05, 0) is 6.92 Å². The quantitative estimate of drug-likeness (QED) is 0.531. The van der Waals surface area contributed by atoms with Crippen LogP contribution in [0.4, 0.5) is 0 Å². The van der Waals surface area contributed by atoms with E-state index in [9.17, 15) is 4.79 Å². The second-order valence-electron chi connectivity index (χ2n) is 2.26. The Morgan fingerprint density at radius 1 is 1.64 bits per heavy atom. The lowest BCUT2D eigenvalue weighted by molar-refractivity contribution is -0.110. The van der Waals surface area contributed by atoms with E-state index in [-0.39, 0.29) is 5.78 Å². The molecule has 1 aliphatic carbocycles. The minimum absolute atomic E-state index is 0.0191. The van der Waals surface area contributed by atoms with Crippen LogP contribution in [0.5, 0.6) is 0 Å². The summed E-state index contributed by atoms with van der Waals surface area (Å²) in [4.78, 5) is 11.1. The van der Waals surface area contributed by atoms with Gasteiger partial charge in [-0.2, -0.15) is 0 Å². The van der Waals surface area contributed by atoms with Crippen LogP contribution >= 0.6 is 0 Å². The lowest BCUT2D eigenvalue weighted by Gasteiger charge is -2.00. The van der Waals surface area contributed by atoms with Gasteiger partial charge in [0.25, 0.3) is 0 Å². The fraction of sp³-hybridized carbons (Fsp3) is 0.222. The first-order valence-electron chi connectivity index (χ1n) is 3.36. The van der Waals surface area contributed by atoms with Crippen molar-refractivity contribution in [2.24, 2.45) is 0 Å². The molecule has 0 bridgehead atoms. The van der Waals surface area contributed by atoms with E-state index in [0.717, 1.165) is 0 Å². The fourth-order valence-corrected chi connectivity index (χ4v) is 1.06. The number of carbonyl (C=O) groups is 1. The molecule has 1 aliphatic rings. The highest BCUT2D eigenvalue weighted by atomic mass is 16.5. The second kappa shape index (κ2) is 2.74. The number of ether oxygens (including phenoxy) is 1. The van der Waals surface area contributed by atoms with Gasteiger partial charge < -0.3 is 4.74 Å². The maximum absolute atomic E-state index is 11.1. The smallest absolute Gasteiger partial charge is 0.189 e. The van der Waals surface area contributed by atoms with E-state index < -0.39 is 0 Å². The van der Waals surface area contributed by atoms with Gasteiger partial charge in [-0.1, -0.05) is 12.7 Å². The zero-order chi connectivity index (χ0) is 8.43. The molecule has 0 aliphatic heterocycles. The molecular weight excluding hydrogens is 140 g/mol. The first-order valence-corrected chi connectivity index (χ1v) is 3.36. The highest BCUT2D eigenvalue weighted by molar-refractivity contribution is 6.12. The predicted molar refractivity (Wildman–Crippen MR) is 43.0 cm³/mol. The molecular formula is C9H10O2. The lowest BCUT2D eigenvalue weighted by atomic mass is 10.1. The summed E-state index contributed by atoms with van der Waals surface area (Å²) in [5.74, 6) is 0.553. The van der Waals surface area contributed by atoms with Crippen LogP contribution < -0.4 is 0 Å². The zero-order valence-corrected chi connectivity index (χ0v) is 6.68. The van der Waals surface area contributed by atoms with E-state index in [4.69, 9.17) is 4.74 Å². The predicted octanol–water partition coefficient (Wildman–Crippen LogP) is 1.60. The summed E-state index contributed by atoms with van der Waals surface area (Å²) in [6.45, 7) is 5.54. The highest BCUT2D eigenvalue weighted by Gasteiger charge is 2.22. The van der Waals surface area contributed by atoms with Crippen LogP contribution in [-0.4, -0.2) is 12.9 Å². The Kier molecular flexibility index (Phi) is 1.94.